The molecule has 1 saturated heterocycles. The van der Waals surface area contributed by atoms with Gasteiger partial charge in [-0.15, -0.1) is 0 Å². The normalized spacial score (nSPS) is 17.7. The number of ketones is 1. The molecule has 1 amide bonds. The Balaban J connectivity index is 1.72. The van der Waals surface area contributed by atoms with Crippen molar-refractivity contribution in [2.24, 2.45) is 0 Å². The van der Waals surface area contributed by atoms with Crippen LogP contribution in [0.15, 0.2) is 67.0 Å². The van der Waals surface area contributed by atoms with Crippen molar-refractivity contribution in [3.63, 3.8) is 0 Å². The highest BCUT2D eigenvalue weighted by Gasteiger charge is 2.45. The molecule has 0 saturated carbocycles. The number of hydrogen-bond donors (Lipinski definition) is 1. The minimum Gasteiger partial charge on any atom is -0.507 e. The smallest absolute Gasteiger partial charge is 0.295 e. The number of aromatic nitrogens is 3. The van der Waals surface area contributed by atoms with Crippen LogP contribution in [0.3, 0.4) is 0 Å². The third kappa shape index (κ3) is 3.96. The number of ether oxygens (including phenoxy) is 1. The number of halogens is 1. The number of likely N-dealkylation sites (tertiary alicyclic amines) is 1. The molecule has 1 fully saturated rings. The van der Waals surface area contributed by atoms with E-state index in [4.69, 9.17) is 4.74 Å². The number of hydrogen-bond acceptors (Lipinski definition) is 6. The predicted octanol–water partition coefficient (Wildman–Crippen LogP) is 2.94. The van der Waals surface area contributed by atoms with Gasteiger partial charge in [0.25, 0.3) is 11.7 Å². The summed E-state index contributed by atoms with van der Waals surface area (Å²) in [6.45, 7) is 0.877. The average molecular weight is 436 g/mol. The lowest BCUT2D eigenvalue weighted by Crippen LogP contribution is -2.31. The van der Waals surface area contributed by atoms with E-state index in [1.54, 1.807) is 37.1 Å². The van der Waals surface area contributed by atoms with Crippen LogP contribution < -0.4 is 4.74 Å². The first-order valence-electron chi connectivity index (χ1n) is 9.99. The molecule has 9 heteroatoms. The molecular formula is C23H21FN4O4. The number of amides is 1. The molecule has 0 spiro atoms. The third-order valence-electron chi connectivity index (χ3n) is 5.34. The molecule has 1 atom stereocenters. The van der Waals surface area contributed by atoms with Gasteiger partial charge in [-0.3, -0.25) is 14.6 Å². The number of nitrogens with zero attached hydrogens (tertiary/aromatic N) is 4. The van der Waals surface area contributed by atoms with Gasteiger partial charge in [0.2, 0.25) is 0 Å². The van der Waals surface area contributed by atoms with Crippen LogP contribution in [0.5, 0.6) is 5.75 Å². The number of benzene rings is 1. The Morgan fingerprint density at radius 3 is 2.69 bits per heavy atom. The molecule has 3 heterocycles. The van der Waals surface area contributed by atoms with Gasteiger partial charge in [0.15, 0.2) is 11.6 Å². The van der Waals surface area contributed by atoms with Crippen molar-refractivity contribution >= 4 is 17.4 Å². The number of carbonyl (C=O) groups is 2. The van der Waals surface area contributed by atoms with Gasteiger partial charge in [-0.2, -0.15) is 0 Å². The maximum atomic E-state index is 14.2. The Bertz CT molecular complexity index is 1160. The highest BCUT2D eigenvalue weighted by molar-refractivity contribution is 6.46. The summed E-state index contributed by atoms with van der Waals surface area (Å²) in [5, 5.41) is 11.0. The van der Waals surface area contributed by atoms with E-state index >= 15 is 0 Å². The van der Waals surface area contributed by atoms with E-state index in [2.05, 4.69) is 9.97 Å². The molecule has 8 nitrogen and oxygen atoms in total. The van der Waals surface area contributed by atoms with Gasteiger partial charge < -0.3 is 19.3 Å². The second-order valence-corrected chi connectivity index (χ2v) is 7.28. The molecule has 32 heavy (non-hydrogen) atoms. The third-order valence-corrected chi connectivity index (χ3v) is 5.34. The minimum absolute atomic E-state index is 0.00492. The Labute approximate surface area is 183 Å². The Hall–Kier alpha value is -4.01. The molecule has 164 valence electrons. The van der Waals surface area contributed by atoms with Gasteiger partial charge in [-0.05, 0) is 36.2 Å². The van der Waals surface area contributed by atoms with Crippen molar-refractivity contribution in [1.29, 1.82) is 0 Å². The summed E-state index contributed by atoms with van der Waals surface area (Å²) < 4.78 is 21.0. The molecule has 1 aliphatic rings. The van der Waals surface area contributed by atoms with Gasteiger partial charge >= 0.3 is 0 Å². The zero-order chi connectivity index (χ0) is 22.7. The van der Waals surface area contributed by atoms with E-state index in [1.807, 2.05) is 10.8 Å². The van der Waals surface area contributed by atoms with Crippen molar-refractivity contribution in [2.75, 3.05) is 13.7 Å². The summed E-state index contributed by atoms with van der Waals surface area (Å²) in [5.74, 6) is -2.68. The van der Waals surface area contributed by atoms with Gasteiger partial charge in [-0.25, -0.2) is 9.37 Å². The van der Waals surface area contributed by atoms with E-state index in [9.17, 15) is 19.1 Å². The minimum atomic E-state index is -0.836. The number of aliphatic hydroxyl groups excluding tert-OH is 1. The van der Waals surface area contributed by atoms with Crippen molar-refractivity contribution in [3.05, 3.63) is 84.0 Å². The number of methoxy groups -OCH3 is 1. The topological polar surface area (TPSA) is 97.6 Å². The summed E-state index contributed by atoms with van der Waals surface area (Å²) in [5.41, 5.74) is 0.550. The van der Waals surface area contributed by atoms with Crippen LogP contribution in [0.2, 0.25) is 0 Å². The van der Waals surface area contributed by atoms with E-state index in [0.29, 0.717) is 18.5 Å². The standard InChI is InChI=1S/C23H21FN4O4/c1-32-18-6-5-15(12-17(18)24)21(29)19-20(16-4-2-7-25-13-16)28(23(31)22(19)30)10-3-9-27-11-8-26-14-27/h2,4-8,11-14,20,29H,3,9-10H2,1H3/b21-19+. The SMILES string of the molecule is COc1ccc(/C(O)=C2\C(=O)C(=O)N(CCCn3ccnc3)C2c2cccnc2)cc1F. The average Bonchev–Trinajstić information content (AvgIpc) is 3.41. The molecule has 1 aromatic carbocycles. The molecule has 2 aromatic heterocycles. The number of aryl methyl sites for hydroxylation is 1. The van der Waals surface area contributed by atoms with Crippen LogP contribution in [-0.2, 0) is 16.1 Å². The second kappa shape index (κ2) is 9.01. The summed E-state index contributed by atoms with van der Waals surface area (Å²) in [6, 6.07) is 6.44. The molecule has 4 rings (SSSR count). The lowest BCUT2D eigenvalue weighted by atomic mass is 9.96. The molecular weight excluding hydrogens is 415 g/mol. The van der Waals surface area contributed by atoms with Crippen LogP contribution in [0.25, 0.3) is 5.76 Å². The van der Waals surface area contributed by atoms with Crippen LogP contribution in [-0.4, -0.2) is 49.9 Å². The maximum Gasteiger partial charge on any atom is 0.295 e. The van der Waals surface area contributed by atoms with E-state index < -0.39 is 29.3 Å². The summed E-state index contributed by atoms with van der Waals surface area (Å²) in [4.78, 5) is 35.3. The van der Waals surface area contributed by atoms with Gasteiger partial charge in [0.1, 0.15) is 5.76 Å². The number of aliphatic hydroxyl groups is 1. The summed E-state index contributed by atoms with van der Waals surface area (Å²) in [6.07, 6.45) is 8.83. The second-order valence-electron chi connectivity index (χ2n) is 7.28. The summed E-state index contributed by atoms with van der Waals surface area (Å²) in [7, 11) is 1.33. The molecule has 1 N–H and O–H groups in total. The number of carbonyl (C=O) groups excluding carboxylic acids is 2. The van der Waals surface area contributed by atoms with E-state index in [0.717, 1.165) is 6.07 Å². The first-order chi connectivity index (χ1) is 15.5. The Kier molecular flexibility index (Phi) is 5.98. The first-order valence-corrected chi connectivity index (χ1v) is 9.99. The zero-order valence-corrected chi connectivity index (χ0v) is 17.3. The lowest BCUT2D eigenvalue weighted by molar-refractivity contribution is -0.139. The lowest BCUT2D eigenvalue weighted by Gasteiger charge is -2.25. The van der Waals surface area contributed by atoms with Gasteiger partial charge in [0, 0.05) is 43.4 Å². The molecule has 1 unspecified atom stereocenters. The van der Waals surface area contributed by atoms with Crippen molar-refractivity contribution < 1.29 is 23.8 Å². The first kappa shape index (κ1) is 21.2. The molecule has 0 bridgehead atoms. The summed E-state index contributed by atoms with van der Waals surface area (Å²) >= 11 is 0. The quantitative estimate of drug-likeness (QED) is 0.348. The Morgan fingerprint density at radius 1 is 1.19 bits per heavy atom. The molecule has 0 aliphatic carbocycles. The van der Waals surface area contributed by atoms with Crippen LogP contribution in [0.1, 0.15) is 23.6 Å². The number of imidazole rings is 1. The highest BCUT2D eigenvalue weighted by Crippen LogP contribution is 2.39. The van der Waals surface area contributed by atoms with E-state index in [1.165, 1.54) is 24.1 Å². The van der Waals surface area contributed by atoms with Crippen molar-refractivity contribution in [1.82, 2.24) is 19.4 Å². The van der Waals surface area contributed by atoms with Crippen LogP contribution >= 0.6 is 0 Å². The number of rotatable bonds is 7. The van der Waals surface area contributed by atoms with Gasteiger partial charge in [-0.1, -0.05) is 6.07 Å². The number of Topliss-reactive ketones (excluding diaryl/α,β-unsaturated/α-hetero) is 1. The largest absolute Gasteiger partial charge is 0.507 e. The van der Waals surface area contributed by atoms with Gasteiger partial charge in [0.05, 0.1) is 25.1 Å². The van der Waals surface area contributed by atoms with Crippen molar-refractivity contribution in [2.45, 2.75) is 19.0 Å². The zero-order valence-electron chi connectivity index (χ0n) is 17.3. The highest BCUT2D eigenvalue weighted by atomic mass is 19.1. The fraction of sp³-hybridized carbons (Fsp3) is 0.217. The Morgan fingerprint density at radius 2 is 2.03 bits per heavy atom. The maximum absolute atomic E-state index is 14.2. The number of pyridine rings is 1. The molecule has 1 aliphatic heterocycles. The van der Waals surface area contributed by atoms with Crippen LogP contribution in [0, 0.1) is 5.82 Å². The molecule has 0 radical (unpaired) electrons. The predicted molar refractivity (Wildman–Crippen MR) is 113 cm³/mol. The fourth-order valence-electron chi connectivity index (χ4n) is 3.81. The van der Waals surface area contributed by atoms with Crippen molar-refractivity contribution in [3.8, 4) is 5.75 Å². The monoisotopic (exact) mass is 436 g/mol. The van der Waals surface area contributed by atoms with E-state index in [-0.39, 0.29) is 23.4 Å². The fourth-order valence-corrected chi connectivity index (χ4v) is 3.81. The van der Waals surface area contributed by atoms with Crippen LogP contribution in [0.4, 0.5) is 4.39 Å². The molecule has 3 aromatic rings.